The first-order chi connectivity index (χ1) is 11.9. The summed E-state index contributed by atoms with van der Waals surface area (Å²) in [6.45, 7) is 1.37. The number of amides is 2. The molecule has 0 aliphatic carbocycles. The van der Waals surface area contributed by atoms with Gasteiger partial charge in [-0.15, -0.1) is 0 Å². The van der Waals surface area contributed by atoms with Crippen molar-refractivity contribution >= 4 is 23.2 Å². The van der Waals surface area contributed by atoms with Crippen molar-refractivity contribution in [3.05, 3.63) is 59.7 Å². The molecule has 0 heterocycles. The van der Waals surface area contributed by atoms with E-state index in [0.29, 0.717) is 11.3 Å². The number of para-hydroxylation sites is 1. The van der Waals surface area contributed by atoms with Crippen LogP contribution in [0.1, 0.15) is 18.9 Å². The highest BCUT2D eigenvalue weighted by Gasteiger charge is 2.16. The minimum atomic E-state index is -0.871. The number of nitrogens with one attached hydrogen (secondary N) is 1. The van der Waals surface area contributed by atoms with Crippen molar-refractivity contribution in [2.45, 2.75) is 13.3 Å². The summed E-state index contributed by atoms with van der Waals surface area (Å²) in [6, 6.07) is 11.5. The van der Waals surface area contributed by atoms with Gasteiger partial charge in [0.15, 0.2) is 0 Å². The van der Waals surface area contributed by atoms with E-state index in [1.165, 1.54) is 17.9 Å². The van der Waals surface area contributed by atoms with Gasteiger partial charge in [0, 0.05) is 25.6 Å². The Morgan fingerprint density at radius 1 is 1.12 bits per heavy atom. The molecule has 0 saturated carbocycles. The van der Waals surface area contributed by atoms with Crippen molar-refractivity contribution in [2.75, 3.05) is 16.8 Å². The molecule has 128 valence electrons. The summed E-state index contributed by atoms with van der Waals surface area (Å²) in [6.07, 6.45) is -0.145. The normalized spacial score (nSPS) is 10.0. The Balaban J connectivity index is 2.04. The summed E-state index contributed by atoms with van der Waals surface area (Å²) in [5.41, 5.74) is 0.455. The predicted molar refractivity (Wildman–Crippen MR) is 88.8 cm³/mol. The van der Waals surface area contributed by atoms with E-state index in [4.69, 9.17) is 5.26 Å². The topological polar surface area (TPSA) is 73.2 Å². The summed E-state index contributed by atoms with van der Waals surface area (Å²) in [4.78, 5) is 25.1. The number of carbonyl (C=O) groups is 2. The maximum Gasteiger partial charge on any atom is 0.226 e. The van der Waals surface area contributed by atoms with Crippen LogP contribution in [-0.2, 0) is 9.59 Å². The fourth-order valence-electron chi connectivity index (χ4n) is 2.22. The second-order valence-corrected chi connectivity index (χ2v) is 5.22. The number of nitriles is 1. The van der Waals surface area contributed by atoms with Crippen LogP contribution >= 0.6 is 0 Å². The number of carbonyl (C=O) groups excluding carboxylic acids is 2. The summed E-state index contributed by atoms with van der Waals surface area (Å²) in [5, 5.41) is 11.0. The van der Waals surface area contributed by atoms with E-state index in [0.717, 1.165) is 12.1 Å². The van der Waals surface area contributed by atoms with Crippen LogP contribution in [-0.4, -0.2) is 18.4 Å². The van der Waals surface area contributed by atoms with Crippen LogP contribution in [0.2, 0.25) is 0 Å². The second kappa shape index (κ2) is 8.02. The molecule has 0 fully saturated rings. The summed E-state index contributed by atoms with van der Waals surface area (Å²) in [7, 11) is 0. The van der Waals surface area contributed by atoms with Gasteiger partial charge in [-0.1, -0.05) is 6.07 Å². The molecule has 5 nitrogen and oxygen atoms in total. The average molecular weight is 343 g/mol. The lowest BCUT2D eigenvalue weighted by Crippen LogP contribution is -2.32. The minimum absolute atomic E-state index is 0.0309. The molecule has 0 radical (unpaired) electrons. The molecule has 0 aromatic heterocycles. The van der Waals surface area contributed by atoms with E-state index in [-0.39, 0.29) is 18.9 Å². The number of benzene rings is 2. The largest absolute Gasteiger partial charge is 0.321 e. The van der Waals surface area contributed by atoms with Crippen LogP contribution in [0.25, 0.3) is 0 Å². The molecule has 0 bridgehead atoms. The lowest BCUT2D eigenvalue weighted by molar-refractivity contribution is -0.117. The van der Waals surface area contributed by atoms with E-state index >= 15 is 0 Å². The van der Waals surface area contributed by atoms with Crippen molar-refractivity contribution in [2.24, 2.45) is 0 Å². The molecule has 0 aliphatic rings. The van der Waals surface area contributed by atoms with Crippen LogP contribution in [0.3, 0.4) is 0 Å². The lowest BCUT2D eigenvalue weighted by atomic mass is 10.2. The Kier molecular flexibility index (Phi) is 5.79. The van der Waals surface area contributed by atoms with Gasteiger partial charge in [0.2, 0.25) is 11.8 Å². The number of halogens is 2. The Labute approximate surface area is 143 Å². The standard InChI is InChI=1S/C18H15F2N3O2/c1-12(24)23(14-7-5-13(11-21)6-8-14)10-9-17(25)22-18-15(19)3-2-4-16(18)20/h2-8H,9-10H2,1H3,(H,22,25). The minimum Gasteiger partial charge on any atom is -0.321 e. The van der Waals surface area contributed by atoms with Gasteiger partial charge >= 0.3 is 0 Å². The summed E-state index contributed by atoms with van der Waals surface area (Å²) < 4.78 is 27.1. The molecule has 0 spiro atoms. The SMILES string of the molecule is CC(=O)N(CCC(=O)Nc1c(F)cccc1F)c1ccc(C#N)cc1. The number of rotatable bonds is 5. The second-order valence-electron chi connectivity index (χ2n) is 5.22. The fourth-order valence-corrected chi connectivity index (χ4v) is 2.22. The van der Waals surface area contributed by atoms with Gasteiger partial charge in [-0.25, -0.2) is 8.78 Å². The number of anilines is 2. The zero-order valence-corrected chi connectivity index (χ0v) is 13.4. The fraction of sp³-hybridized carbons (Fsp3) is 0.167. The van der Waals surface area contributed by atoms with Crippen molar-refractivity contribution in [1.82, 2.24) is 0 Å². The number of hydrogen-bond donors (Lipinski definition) is 1. The molecule has 2 rings (SSSR count). The molecular formula is C18H15F2N3O2. The Hall–Kier alpha value is -3.27. The molecular weight excluding hydrogens is 328 g/mol. The third-order valence-electron chi connectivity index (χ3n) is 3.48. The van der Waals surface area contributed by atoms with Crippen molar-refractivity contribution in [3.63, 3.8) is 0 Å². The molecule has 0 unspecified atom stereocenters. The molecule has 25 heavy (non-hydrogen) atoms. The maximum absolute atomic E-state index is 13.5. The Morgan fingerprint density at radius 2 is 1.72 bits per heavy atom. The van der Waals surface area contributed by atoms with E-state index in [1.807, 2.05) is 6.07 Å². The smallest absolute Gasteiger partial charge is 0.226 e. The van der Waals surface area contributed by atoms with Crippen LogP contribution in [0.15, 0.2) is 42.5 Å². The zero-order chi connectivity index (χ0) is 18.4. The summed E-state index contributed by atoms with van der Waals surface area (Å²) >= 11 is 0. The maximum atomic E-state index is 13.5. The lowest BCUT2D eigenvalue weighted by Gasteiger charge is -2.21. The third-order valence-corrected chi connectivity index (χ3v) is 3.48. The molecule has 2 aromatic carbocycles. The van der Waals surface area contributed by atoms with Gasteiger partial charge in [0.05, 0.1) is 11.6 Å². The molecule has 1 N–H and O–H groups in total. The quantitative estimate of drug-likeness (QED) is 0.906. The number of hydrogen-bond acceptors (Lipinski definition) is 3. The highest BCUT2D eigenvalue weighted by Crippen LogP contribution is 2.19. The van der Waals surface area contributed by atoms with Crippen molar-refractivity contribution < 1.29 is 18.4 Å². The number of nitrogens with zero attached hydrogens (tertiary/aromatic N) is 2. The summed E-state index contributed by atoms with van der Waals surface area (Å²) in [5.74, 6) is -2.66. The first-order valence-electron chi connectivity index (χ1n) is 7.44. The monoisotopic (exact) mass is 343 g/mol. The molecule has 2 amide bonds. The first kappa shape index (κ1) is 18.1. The van der Waals surface area contributed by atoms with E-state index in [2.05, 4.69) is 5.32 Å². The Bertz CT molecular complexity index is 809. The van der Waals surface area contributed by atoms with Crippen LogP contribution < -0.4 is 10.2 Å². The molecule has 0 atom stereocenters. The molecule has 2 aromatic rings. The van der Waals surface area contributed by atoms with Crippen molar-refractivity contribution in [1.29, 1.82) is 5.26 Å². The van der Waals surface area contributed by atoms with Crippen molar-refractivity contribution in [3.8, 4) is 6.07 Å². The van der Waals surface area contributed by atoms with Gasteiger partial charge < -0.3 is 10.2 Å². The van der Waals surface area contributed by atoms with Gasteiger partial charge in [-0.3, -0.25) is 9.59 Å². The van der Waals surface area contributed by atoms with E-state index in [1.54, 1.807) is 24.3 Å². The van der Waals surface area contributed by atoms with Gasteiger partial charge in [-0.2, -0.15) is 5.26 Å². The van der Waals surface area contributed by atoms with Crippen LogP contribution in [0.5, 0.6) is 0 Å². The first-order valence-corrected chi connectivity index (χ1v) is 7.44. The van der Waals surface area contributed by atoms with Crippen LogP contribution in [0, 0.1) is 23.0 Å². The van der Waals surface area contributed by atoms with E-state index < -0.39 is 23.2 Å². The predicted octanol–water partition coefficient (Wildman–Crippen LogP) is 3.22. The van der Waals surface area contributed by atoms with Gasteiger partial charge in [-0.05, 0) is 36.4 Å². The highest BCUT2D eigenvalue weighted by atomic mass is 19.1. The molecule has 0 aliphatic heterocycles. The van der Waals surface area contributed by atoms with Gasteiger partial charge in [0.1, 0.15) is 17.3 Å². The van der Waals surface area contributed by atoms with E-state index in [9.17, 15) is 18.4 Å². The molecule has 7 heteroatoms. The van der Waals surface area contributed by atoms with Crippen LogP contribution in [0.4, 0.5) is 20.2 Å². The average Bonchev–Trinajstić information content (AvgIpc) is 2.59. The molecule has 0 saturated heterocycles. The third kappa shape index (κ3) is 4.61. The highest BCUT2D eigenvalue weighted by molar-refractivity contribution is 5.94. The zero-order valence-electron chi connectivity index (χ0n) is 13.4. The van der Waals surface area contributed by atoms with Gasteiger partial charge in [0.25, 0.3) is 0 Å². The Morgan fingerprint density at radius 3 is 2.24 bits per heavy atom.